The topological polar surface area (TPSA) is 0 Å². The Balaban J connectivity index is 2.30. The van der Waals surface area contributed by atoms with Gasteiger partial charge >= 0.3 is 0 Å². The van der Waals surface area contributed by atoms with E-state index in [0.29, 0.717) is 0 Å². The first-order chi connectivity index (χ1) is 4.43. The molecule has 1 aliphatic rings. The third-order valence-corrected chi connectivity index (χ3v) is 3.74. The van der Waals surface area contributed by atoms with Crippen molar-refractivity contribution in [3.63, 3.8) is 0 Å². The fourth-order valence-electron chi connectivity index (χ4n) is 0.731. The van der Waals surface area contributed by atoms with Crippen LogP contribution in [-0.2, 0) is 0 Å². The number of rotatable bonds is 1. The van der Waals surface area contributed by atoms with Gasteiger partial charge in [0.15, 0.2) is 0 Å². The molecule has 0 aliphatic carbocycles. The van der Waals surface area contributed by atoms with E-state index < -0.39 is 0 Å². The Hall–Kier alpha value is 0.440. The second kappa shape index (κ2) is 4.29. The van der Waals surface area contributed by atoms with Gasteiger partial charge in [-0.25, -0.2) is 0 Å². The van der Waals surface area contributed by atoms with E-state index in [4.69, 9.17) is 0 Å². The Morgan fingerprint density at radius 2 is 2.11 bits per heavy atom. The molecule has 0 amide bonds. The summed E-state index contributed by atoms with van der Waals surface area (Å²) in [5.41, 5.74) is 0. The van der Waals surface area contributed by atoms with Crippen molar-refractivity contribution in [1.82, 2.24) is 0 Å². The molecule has 0 N–H and O–H groups in total. The largest absolute Gasteiger partial charge is 0.120 e. The standard InChI is InChI=1S/C7H12S2/c1-2-4-7-8-5-3-6-9-7/h4H,2-3,5-6H2,1H3. The van der Waals surface area contributed by atoms with Gasteiger partial charge in [-0.15, -0.1) is 23.5 Å². The number of allylic oxidation sites excluding steroid dienone is 1. The molecule has 1 fully saturated rings. The van der Waals surface area contributed by atoms with E-state index in [0.717, 1.165) is 0 Å². The van der Waals surface area contributed by atoms with Gasteiger partial charge in [0.25, 0.3) is 0 Å². The van der Waals surface area contributed by atoms with Gasteiger partial charge in [-0.2, -0.15) is 0 Å². The van der Waals surface area contributed by atoms with Crippen LogP contribution in [-0.4, -0.2) is 11.5 Å². The Morgan fingerprint density at radius 1 is 1.44 bits per heavy atom. The smallest absolute Gasteiger partial charge is 0.0360 e. The van der Waals surface area contributed by atoms with E-state index >= 15 is 0 Å². The average Bonchev–Trinajstić information content (AvgIpc) is 1.91. The quantitative estimate of drug-likeness (QED) is 0.578. The second-order valence-corrected chi connectivity index (χ2v) is 4.51. The summed E-state index contributed by atoms with van der Waals surface area (Å²) in [5, 5.41) is 0. The molecule has 52 valence electrons. The van der Waals surface area contributed by atoms with E-state index in [1.165, 1.54) is 24.3 Å². The molecule has 0 radical (unpaired) electrons. The molecule has 0 unspecified atom stereocenters. The maximum Gasteiger partial charge on any atom is 0.0360 e. The maximum atomic E-state index is 2.33. The monoisotopic (exact) mass is 160 g/mol. The van der Waals surface area contributed by atoms with Crippen LogP contribution < -0.4 is 0 Å². The summed E-state index contributed by atoms with van der Waals surface area (Å²) in [5.74, 6) is 2.66. The van der Waals surface area contributed by atoms with Crippen molar-refractivity contribution in [3.8, 4) is 0 Å². The van der Waals surface area contributed by atoms with Gasteiger partial charge in [-0.05, 0) is 24.3 Å². The molecule has 0 aromatic rings. The number of hydrogen-bond donors (Lipinski definition) is 0. The molecule has 1 saturated heterocycles. The number of thioether (sulfide) groups is 2. The van der Waals surface area contributed by atoms with Crippen LogP contribution in [0.15, 0.2) is 10.3 Å². The highest BCUT2D eigenvalue weighted by molar-refractivity contribution is 8.22. The molecule has 2 heteroatoms. The molecule has 1 rings (SSSR count). The van der Waals surface area contributed by atoms with Gasteiger partial charge in [0.2, 0.25) is 0 Å². The average molecular weight is 160 g/mol. The predicted molar refractivity (Wildman–Crippen MR) is 47.9 cm³/mol. The molecule has 0 aromatic carbocycles. The molecule has 0 bridgehead atoms. The van der Waals surface area contributed by atoms with Crippen LogP contribution in [0.1, 0.15) is 19.8 Å². The molecule has 1 aliphatic heterocycles. The first kappa shape index (κ1) is 7.55. The Bertz CT molecular complexity index is 99.5. The van der Waals surface area contributed by atoms with Gasteiger partial charge in [-0.1, -0.05) is 13.0 Å². The molecule has 0 atom stereocenters. The highest BCUT2D eigenvalue weighted by atomic mass is 32.2. The van der Waals surface area contributed by atoms with Crippen LogP contribution in [0.3, 0.4) is 0 Å². The minimum Gasteiger partial charge on any atom is -0.120 e. The molecular weight excluding hydrogens is 148 g/mol. The van der Waals surface area contributed by atoms with E-state index in [2.05, 4.69) is 13.0 Å². The summed E-state index contributed by atoms with van der Waals surface area (Å²) in [7, 11) is 0. The summed E-state index contributed by atoms with van der Waals surface area (Å²) >= 11 is 4.02. The lowest BCUT2D eigenvalue weighted by atomic mass is 10.5. The molecule has 0 spiro atoms. The molecule has 0 nitrogen and oxygen atoms in total. The van der Waals surface area contributed by atoms with Crippen molar-refractivity contribution in [3.05, 3.63) is 10.3 Å². The minimum atomic E-state index is 1.19. The van der Waals surface area contributed by atoms with Crippen molar-refractivity contribution < 1.29 is 0 Å². The third-order valence-electron chi connectivity index (χ3n) is 1.15. The zero-order chi connectivity index (χ0) is 6.53. The molecule has 0 aromatic heterocycles. The summed E-state index contributed by atoms with van der Waals surface area (Å²) < 4.78 is 1.55. The van der Waals surface area contributed by atoms with Gasteiger partial charge in [0, 0.05) is 4.24 Å². The highest BCUT2D eigenvalue weighted by Gasteiger charge is 2.04. The third kappa shape index (κ3) is 2.67. The lowest BCUT2D eigenvalue weighted by Crippen LogP contribution is -1.90. The first-order valence-corrected chi connectivity index (χ1v) is 5.36. The summed E-state index contributed by atoms with van der Waals surface area (Å²) in [6, 6.07) is 0. The molecular formula is C7H12S2. The Kier molecular flexibility index (Phi) is 3.59. The fraction of sp³-hybridized carbons (Fsp3) is 0.714. The van der Waals surface area contributed by atoms with Crippen LogP contribution in [0.25, 0.3) is 0 Å². The van der Waals surface area contributed by atoms with Crippen LogP contribution >= 0.6 is 23.5 Å². The van der Waals surface area contributed by atoms with Crippen molar-refractivity contribution >= 4 is 23.5 Å². The van der Waals surface area contributed by atoms with E-state index in [1.807, 2.05) is 23.5 Å². The Morgan fingerprint density at radius 3 is 2.67 bits per heavy atom. The first-order valence-electron chi connectivity index (χ1n) is 3.39. The van der Waals surface area contributed by atoms with Crippen molar-refractivity contribution in [2.45, 2.75) is 19.8 Å². The Labute approximate surface area is 65.5 Å². The van der Waals surface area contributed by atoms with E-state index in [1.54, 1.807) is 4.24 Å². The molecule has 9 heavy (non-hydrogen) atoms. The SMILES string of the molecule is CCC=C1SCCCS1. The van der Waals surface area contributed by atoms with E-state index in [9.17, 15) is 0 Å². The van der Waals surface area contributed by atoms with Crippen LogP contribution in [0.5, 0.6) is 0 Å². The van der Waals surface area contributed by atoms with Crippen LogP contribution in [0, 0.1) is 0 Å². The lowest BCUT2D eigenvalue weighted by Gasteiger charge is -2.11. The van der Waals surface area contributed by atoms with Crippen LogP contribution in [0.2, 0.25) is 0 Å². The second-order valence-electron chi connectivity index (χ2n) is 1.98. The van der Waals surface area contributed by atoms with E-state index in [-0.39, 0.29) is 0 Å². The maximum absolute atomic E-state index is 2.33. The highest BCUT2D eigenvalue weighted by Crippen LogP contribution is 2.34. The fourth-order valence-corrected chi connectivity index (χ4v) is 3.30. The summed E-state index contributed by atoms with van der Waals surface area (Å²) in [6.45, 7) is 2.20. The van der Waals surface area contributed by atoms with Crippen molar-refractivity contribution in [2.24, 2.45) is 0 Å². The zero-order valence-electron chi connectivity index (χ0n) is 5.72. The number of hydrogen-bond acceptors (Lipinski definition) is 2. The predicted octanol–water partition coefficient (Wildman–Crippen LogP) is 3.11. The van der Waals surface area contributed by atoms with Crippen molar-refractivity contribution in [2.75, 3.05) is 11.5 Å². The van der Waals surface area contributed by atoms with Gasteiger partial charge in [-0.3, -0.25) is 0 Å². The normalized spacial score (nSPS) is 19.9. The van der Waals surface area contributed by atoms with Crippen LogP contribution in [0.4, 0.5) is 0 Å². The van der Waals surface area contributed by atoms with Gasteiger partial charge in [0.1, 0.15) is 0 Å². The summed E-state index contributed by atoms with van der Waals surface area (Å²) in [6.07, 6.45) is 4.90. The minimum absolute atomic E-state index is 1.19. The van der Waals surface area contributed by atoms with Crippen molar-refractivity contribution in [1.29, 1.82) is 0 Å². The van der Waals surface area contributed by atoms with Gasteiger partial charge < -0.3 is 0 Å². The molecule has 0 saturated carbocycles. The summed E-state index contributed by atoms with van der Waals surface area (Å²) in [4.78, 5) is 0. The molecule has 1 heterocycles. The van der Waals surface area contributed by atoms with Gasteiger partial charge in [0.05, 0.1) is 0 Å². The lowest BCUT2D eigenvalue weighted by molar-refractivity contribution is 1.12. The zero-order valence-corrected chi connectivity index (χ0v) is 7.36.